The number of phenolic OH excluding ortho intramolecular Hbond substituents is 2. The number of phenols is 2. The summed E-state index contributed by atoms with van der Waals surface area (Å²) in [4.78, 5) is 26.9. The maximum Gasteiger partial charge on any atom is 0.342 e. The molecule has 2 aromatic rings. The van der Waals surface area contributed by atoms with Gasteiger partial charge >= 0.3 is 11.9 Å². The molecule has 10 atom stereocenters. The van der Waals surface area contributed by atoms with Gasteiger partial charge in [0.2, 0.25) is 0 Å². The molecule has 0 fully saturated rings. The molecule has 0 amide bonds. The van der Waals surface area contributed by atoms with Crippen molar-refractivity contribution in [3.05, 3.63) is 167 Å². The number of aromatic hydroxyl groups is 2. The Labute approximate surface area is 424 Å². The zero-order valence-corrected chi connectivity index (χ0v) is 41.8. The van der Waals surface area contributed by atoms with Crippen LogP contribution in [0.2, 0.25) is 0 Å². The number of rotatable bonds is 4. The average Bonchev–Trinajstić information content (AvgIpc) is 3.27. The Bertz CT molecular complexity index is 2130. The molecular formula is C58H76O14. The lowest BCUT2D eigenvalue weighted by atomic mass is 10.0. The van der Waals surface area contributed by atoms with Gasteiger partial charge in [-0.1, -0.05) is 145 Å². The van der Waals surface area contributed by atoms with Crippen LogP contribution in [0.25, 0.3) is 12.2 Å². The average molecular weight is 997 g/mol. The van der Waals surface area contributed by atoms with Gasteiger partial charge in [-0.05, 0) is 76.6 Å². The molecule has 14 heteroatoms. The van der Waals surface area contributed by atoms with Crippen molar-refractivity contribution >= 4 is 24.1 Å². The summed E-state index contributed by atoms with van der Waals surface area (Å²) in [6.45, 7) is 6.75. The first kappa shape index (κ1) is 60.4. The van der Waals surface area contributed by atoms with Crippen molar-refractivity contribution in [2.45, 2.75) is 153 Å². The molecule has 0 radical (unpaired) electrons. The number of hydrogen-bond donors (Lipinski definition) is 10. The molecule has 72 heavy (non-hydrogen) atoms. The molecule has 10 N–H and O–H groups in total. The zero-order chi connectivity index (χ0) is 53.0. The maximum atomic E-state index is 13.5. The maximum absolute atomic E-state index is 13.5. The van der Waals surface area contributed by atoms with Gasteiger partial charge in [-0.2, -0.15) is 0 Å². The van der Waals surface area contributed by atoms with E-state index >= 15 is 0 Å². The number of ether oxygens (including phenoxy) is 2. The van der Waals surface area contributed by atoms with E-state index in [1.807, 2.05) is 26.0 Å². The van der Waals surface area contributed by atoms with Gasteiger partial charge in [-0.15, -0.1) is 0 Å². The summed E-state index contributed by atoms with van der Waals surface area (Å²) in [6.07, 6.45) is 21.8. The summed E-state index contributed by atoms with van der Waals surface area (Å²) in [5, 5.41) is 106. The van der Waals surface area contributed by atoms with Gasteiger partial charge in [0.05, 0.1) is 48.8 Å². The molecular weight excluding hydrogens is 921 g/mol. The number of carbonyl (C=O) groups is 2. The van der Waals surface area contributed by atoms with Crippen molar-refractivity contribution < 1.29 is 70.1 Å². The highest BCUT2D eigenvalue weighted by Crippen LogP contribution is 2.27. The topological polar surface area (TPSA) is 255 Å². The molecule has 0 spiro atoms. The van der Waals surface area contributed by atoms with Gasteiger partial charge in [0.15, 0.2) is 0 Å². The Morgan fingerprint density at radius 3 is 1.25 bits per heavy atom. The van der Waals surface area contributed by atoms with Crippen molar-refractivity contribution in [2.75, 3.05) is 0 Å². The first-order valence-corrected chi connectivity index (χ1v) is 24.5. The number of benzene rings is 2. The lowest BCUT2D eigenvalue weighted by Crippen LogP contribution is -2.27. The van der Waals surface area contributed by atoms with Crippen LogP contribution in [0.15, 0.2) is 145 Å². The normalized spacial score (nSPS) is 30.7. The fourth-order valence-electron chi connectivity index (χ4n) is 7.89. The molecule has 1 heterocycles. The second-order valence-corrected chi connectivity index (χ2v) is 18.4. The molecule has 3 rings (SSSR count). The number of hydrogen-bond acceptors (Lipinski definition) is 14. The minimum absolute atomic E-state index is 0.0244. The first-order valence-electron chi connectivity index (χ1n) is 24.5. The van der Waals surface area contributed by atoms with E-state index in [9.17, 15) is 60.7 Å². The van der Waals surface area contributed by atoms with Gasteiger partial charge in [0.25, 0.3) is 0 Å². The third-order valence-corrected chi connectivity index (χ3v) is 11.3. The van der Waals surface area contributed by atoms with Crippen LogP contribution in [0, 0.1) is 0 Å². The predicted molar refractivity (Wildman–Crippen MR) is 281 cm³/mol. The fourth-order valence-corrected chi connectivity index (χ4v) is 7.89. The summed E-state index contributed by atoms with van der Waals surface area (Å²) < 4.78 is 11.5. The van der Waals surface area contributed by atoms with Crippen LogP contribution in [-0.4, -0.2) is 124 Å². The molecule has 392 valence electrons. The monoisotopic (exact) mass is 997 g/mol. The van der Waals surface area contributed by atoms with Crippen molar-refractivity contribution in [2.24, 2.45) is 0 Å². The van der Waals surface area contributed by atoms with Crippen molar-refractivity contribution in [1.29, 1.82) is 0 Å². The fraction of sp³-hybridized carbons (Fsp3) is 0.414. The first-order chi connectivity index (χ1) is 34.3. The second kappa shape index (κ2) is 32.9. The number of aliphatic hydroxyl groups excluding tert-OH is 8. The molecule has 1 unspecified atom stereocenters. The highest BCUT2D eigenvalue weighted by molar-refractivity contribution is 5.97. The molecule has 1 aliphatic heterocycles. The summed E-state index contributed by atoms with van der Waals surface area (Å²) in [5.74, 6) is -2.29. The van der Waals surface area contributed by atoms with Crippen LogP contribution in [-0.2, 0) is 9.47 Å². The van der Waals surface area contributed by atoms with Crippen LogP contribution in [0.1, 0.15) is 124 Å². The molecule has 0 bridgehead atoms. The molecule has 0 aliphatic carbocycles. The van der Waals surface area contributed by atoms with Crippen molar-refractivity contribution in [1.82, 2.24) is 0 Å². The Hall–Kier alpha value is -5.94. The number of aliphatic hydroxyl groups is 8. The van der Waals surface area contributed by atoms with E-state index in [1.54, 1.807) is 109 Å². The largest absolute Gasteiger partial charge is 0.507 e. The number of fused-ring (bicyclic) bond motifs is 2. The quantitative estimate of drug-likeness (QED) is 0.103. The molecule has 2 aromatic carbocycles. The molecule has 1 aliphatic rings. The zero-order valence-electron chi connectivity index (χ0n) is 41.8. The van der Waals surface area contributed by atoms with Gasteiger partial charge in [0, 0.05) is 38.5 Å². The third-order valence-electron chi connectivity index (χ3n) is 11.3. The second-order valence-electron chi connectivity index (χ2n) is 18.4. The number of carbonyl (C=O) groups excluding carboxylic acids is 2. The van der Waals surface area contributed by atoms with Gasteiger partial charge in [0.1, 0.15) is 34.8 Å². The Kier molecular flexibility index (Phi) is 27.6. The van der Waals surface area contributed by atoms with E-state index in [0.717, 1.165) is 11.1 Å². The minimum Gasteiger partial charge on any atom is -0.507 e. The van der Waals surface area contributed by atoms with E-state index in [1.165, 1.54) is 38.1 Å². The Morgan fingerprint density at radius 1 is 0.514 bits per heavy atom. The van der Waals surface area contributed by atoms with Crippen LogP contribution < -0.4 is 0 Å². The molecule has 0 aromatic heterocycles. The predicted octanol–water partition coefficient (Wildman–Crippen LogP) is 7.95. The number of allylic oxidation sites excluding steroid dienone is 12. The number of cyclic esters (lactones) is 2. The van der Waals surface area contributed by atoms with Crippen LogP contribution in [0.4, 0.5) is 0 Å². The summed E-state index contributed by atoms with van der Waals surface area (Å²) in [6, 6.07) is 9.14. The van der Waals surface area contributed by atoms with Gasteiger partial charge < -0.3 is 60.5 Å². The molecule has 14 nitrogen and oxygen atoms in total. The minimum atomic E-state index is -1.01. The van der Waals surface area contributed by atoms with E-state index in [2.05, 4.69) is 0 Å². The van der Waals surface area contributed by atoms with Gasteiger partial charge in [-0.3, -0.25) is 0 Å². The molecule has 0 saturated heterocycles. The Morgan fingerprint density at radius 2 is 0.875 bits per heavy atom. The lowest BCUT2D eigenvalue weighted by Gasteiger charge is -2.22. The third kappa shape index (κ3) is 24.5. The highest BCUT2D eigenvalue weighted by Gasteiger charge is 2.26. The van der Waals surface area contributed by atoms with Crippen molar-refractivity contribution in [3.8, 4) is 11.5 Å². The van der Waals surface area contributed by atoms with Crippen LogP contribution >= 0.6 is 0 Å². The number of esters is 2. The smallest absolute Gasteiger partial charge is 0.342 e. The lowest BCUT2D eigenvalue weighted by molar-refractivity contribution is -0.00168. The van der Waals surface area contributed by atoms with Crippen molar-refractivity contribution in [3.63, 3.8) is 0 Å². The van der Waals surface area contributed by atoms with Crippen LogP contribution in [0.3, 0.4) is 0 Å². The summed E-state index contributed by atoms with van der Waals surface area (Å²) in [7, 11) is 0. The molecule has 0 saturated carbocycles. The van der Waals surface area contributed by atoms with Crippen LogP contribution in [0.5, 0.6) is 11.5 Å². The van der Waals surface area contributed by atoms with E-state index in [4.69, 9.17) is 9.47 Å². The highest BCUT2D eigenvalue weighted by atomic mass is 16.5. The standard InChI is InChI=1S/C58H76O14/c1-39-19-11-7-5-9-13-21-43-23-15-29-53(67)55(43)57(69)72-52(34-42(4)60)38-48(64)28-18-26-46(62)36-50(66)32-40(2)20-12-8-6-10-14-22-44-24-16-30-54(68)56(44)58(70)71-51(33-41(3)59)37-47(63)27-17-25-45(61)35-49(65)31-39/h5-26,29-30,41-42,45-52,59-68H,27-28,31-38H2,1-4H3/b9-5+,10-6+,11-7+,12-8+,21-13-,22-14-,25-17+,26-18+,39-19+,40-20+/t41-,42-,45-,46-,47+,48?,49+,50+,51+,52+/m1/s1. The Balaban J connectivity index is 1.82. The van der Waals surface area contributed by atoms with Gasteiger partial charge in [-0.25, -0.2) is 9.59 Å². The summed E-state index contributed by atoms with van der Waals surface area (Å²) in [5.41, 5.74) is 2.27. The van der Waals surface area contributed by atoms with E-state index in [0.29, 0.717) is 11.1 Å². The SMILES string of the molecule is C\C1=C/C=C/C=C/C=C\c2cccc(O)c2C(=O)O[C@@H](C[C@@H](C)O)C[C@@H](O)C/C=C/[C@@H](O)C[C@@H](O)C/C(C)=C/C=C/C=C/C=C\c2cccc(O)c2C(=O)O[C@@H](C[C@@H](C)O)CC(O)C/C=C/[C@@H](O)C[C@@H](O)C1. The van der Waals surface area contributed by atoms with E-state index < -0.39 is 73.0 Å². The summed E-state index contributed by atoms with van der Waals surface area (Å²) >= 11 is 0. The van der Waals surface area contributed by atoms with E-state index in [-0.39, 0.29) is 86.8 Å².